The average molecular weight is 212 g/mol. The van der Waals surface area contributed by atoms with Gasteiger partial charge in [0.25, 0.3) is 0 Å². The third kappa shape index (κ3) is 3.05. The number of phenols is 1. The number of hydrogen-bond acceptors (Lipinski definition) is 2. The fourth-order valence-corrected chi connectivity index (χ4v) is 1.30. The summed E-state index contributed by atoms with van der Waals surface area (Å²) in [6.07, 6.45) is 0. The van der Waals surface area contributed by atoms with Crippen LogP contribution in [0.15, 0.2) is 35.9 Å². The molecule has 0 spiro atoms. The molecule has 0 bridgehead atoms. The Morgan fingerprint density at radius 2 is 2.21 bits per heavy atom. The molecule has 1 aromatic rings. The lowest BCUT2D eigenvalue weighted by Crippen LogP contribution is -2.19. The van der Waals surface area contributed by atoms with Crippen molar-refractivity contribution in [1.29, 1.82) is 0 Å². The predicted molar refractivity (Wildman–Crippen MR) is 59.5 cm³/mol. The highest BCUT2D eigenvalue weighted by atomic mass is 35.5. The van der Waals surface area contributed by atoms with E-state index in [1.165, 1.54) is 0 Å². The lowest BCUT2D eigenvalue weighted by molar-refractivity contribution is 0.456. The van der Waals surface area contributed by atoms with Crippen LogP contribution in [0.5, 0.6) is 5.75 Å². The van der Waals surface area contributed by atoms with Gasteiger partial charge in [-0.2, -0.15) is 0 Å². The van der Waals surface area contributed by atoms with Gasteiger partial charge in [-0.15, -0.1) is 0 Å². The van der Waals surface area contributed by atoms with Crippen LogP contribution in [0.3, 0.4) is 0 Å². The minimum absolute atomic E-state index is 0.0618. The molecule has 0 fully saturated rings. The molecule has 0 aliphatic heterocycles. The first-order valence-electron chi connectivity index (χ1n) is 4.46. The molecule has 0 heterocycles. The third-order valence-corrected chi connectivity index (χ3v) is 2.14. The summed E-state index contributed by atoms with van der Waals surface area (Å²) in [6.45, 7) is 6.09. The van der Waals surface area contributed by atoms with E-state index in [9.17, 15) is 5.11 Å². The van der Waals surface area contributed by atoms with Crippen LogP contribution < -0.4 is 5.32 Å². The maximum atomic E-state index is 9.55. The van der Waals surface area contributed by atoms with E-state index in [0.717, 1.165) is 5.56 Å². The van der Waals surface area contributed by atoms with Crippen LogP contribution in [0.25, 0.3) is 0 Å². The molecule has 2 N–H and O–H groups in total. The Labute approximate surface area is 89.2 Å². The van der Waals surface area contributed by atoms with Gasteiger partial charge in [-0.05, 0) is 13.0 Å². The van der Waals surface area contributed by atoms with E-state index >= 15 is 0 Å². The van der Waals surface area contributed by atoms with E-state index in [2.05, 4.69) is 11.9 Å². The van der Waals surface area contributed by atoms with Gasteiger partial charge in [-0.25, -0.2) is 0 Å². The number of aromatic hydroxyl groups is 1. The Kier molecular flexibility index (Phi) is 3.98. The lowest BCUT2D eigenvalue weighted by Gasteiger charge is -2.14. The van der Waals surface area contributed by atoms with E-state index in [4.69, 9.17) is 11.6 Å². The number of nitrogens with one attached hydrogen (secondary N) is 1. The lowest BCUT2D eigenvalue weighted by atomic mass is 10.1. The van der Waals surface area contributed by atoms with Gasteiger partial charge in [0.05, 0.1) is 0 Å². The highest BCUT2D eigenvalue weighted by Gasteiger charge is 2.08. The Bertz CT molecular complexity index is 325. The highest BCUT2D eigenvalue weighted by Crippen LogP contribution is 2.22. The van der Waals surface area contributed by atoms with Gasteiger partial charge in [0.2, 0.25) is 0 Å². The van der Waals surface area contributed by atoms with Gasteiger partial charge in [0.15, 0.2) is 0 Å². The Balaban J connectivity index is 2.65. The normalized spacial score (nSPS) is 12.4. The summed E-state index contributed by atoms with van der Waals surface area (Å²) in [5.41, 5.74) is 0.866. The molecular weight excluding hydrogens is 198 g/mol. The summed E-state index contributed by atoms with van der Waals surface area (Å²) >= 11 is 5.63. The van der Waals surface area contributed by atoms with Crippen molar-refractivity contribution >= 4 is 11.6 Å². The quantitative estimate of drug-likeness (QED) is 0.803. The van der Waals surface area contributed by atoms with E-state index in [-0.39, 0.29) is 6.04 Å². The zero-order valence-corrected chi connectivity index (χ0v) is 8.88. The summed E-state index contributed by atoms with van der Waals surface area (Å²) in [5.74, 6) is 0.299. The molecule has 0 saturated heterocycles. The fourth-order valence-electron chi connectivity index (χ4n) is 1.23. The van der Waals surface area contributed by atoms with Gasteiger partial charge in [-0.3, -0.25) is 0 Å². The molecule has 0 aromatic heterocycles. The third-order valence-electron chi connectivity index (χ3n) is 2.00. The van der Waals surface area contributed by atoms with Gasteiger partial charge in [0, 0.05) is 23.2 Å². The van der Waals surface area contributed by atoms with Crippen molar-refractivity contribution in [3.63, 3.8) is 0 Å². The van der Waals surface area contributed by atoms with E-state index in [1.54, 1.807) is 12.1 Å². The first kappa shape index (κ1) is 11.1. The van der Waals surface area contributed by atoms with Crippen molar-refractivity contribution in [3.05, 3.63) is 41.4 Å². The average Bonchev–Trinajstić information content (AvgIpc) is 2.15. The molecule has 0 aliphatic carbocycles. The van der Waals surface area contributed by atoms with Crippen LogP contribution in [-0.4, -0.2) is 11.7 Å². The summed E-state index contributed by atoms with van der Waals surface area (Å²) in [6, 6.07) is 7.30. The van der Waals surface area contributed by atoms with Gasteiger partial charge < -0.3 is 10.4 Å². The van der Waals surface area contributed by atoms with Crippen LogP contribution >= 0.6 is 11.6 Å². The van der Waals surface area contributed by atoms with Crippen molar-refractivity contribution in [2.45, 2.75) is 13.0 Å². The SMILES string of the molecule is C=C(Cl)CNC(C)c1ccccc1O. The molecule has 1 rings (SSSR count). The molecule has 0 saturated carbocycles. The highest BCUT2D eigenvalue weighted by molar-refractivity contribution is 6.29. The second-order valence-electron chi connectivity index (χ2n) is 3.18. The predicted octanol–water partition coefficient (Wildman–Crippen LogP) is 2.80. The molecule has 0 amide bonds. The van der Waals surface area contributed by atoms with Crippen LogP contribution in [0, 0.1) is 0 Å². The molecule has 0 radical (unpaired) electrons. The maximum absolute atomic E-state index is 9.55. The molecule has 76 valence electrons. The largest absolute Gasteiger partial charge is 0.508 e. The van der Waals surface area contributed by atoms with Crippen LogP contribution in [0.4, 0.5) is 0 Å². The number of phenolic OH excluding ortho intramolecular Hbond substituents is 1. The van der Waals surface area contributed by atoms with E-state index in [1.807, 2.05) is 19.1 Å². The van der Waals surface area contributed by atoms with Crippen molar-refractivity contribution in [1.82, 2.24) is 5.32 Å². The van der Waals surface area contributed by atoms with Crippen molar-refractivity contribution in [2.75, 3.05) is 6.54 Å². The molecule has 1 atom stereocenters. The molecule has 3 heteroatoms. The Morgan fingerprint density at radius 3 is 2.79 bits per heavy atom. The molecular formula is C11H14ClNO. The van der Waals surface area contributed by atoms with Crippen molar-refractivity contribution < 1.29 is 5.11 Å². The standard InChI is InChI=1S/C11H14ClNO/c1-8(12)7-13-9(2)10-5-3-4-6-11(10)14/h3-6,9,13-14H,1,7H2,2H3. The minimum atomic E-state index is 0.0618. The van der Waals surface area contributed by atoms with Crippen LogP contribution in [-0.2, 0) is 0 Å². The number of benzene rings is 1. The first-order valence-corrected chi connectivity index (χ1v) is 4.83. The summed E-state index contributed by atoms with van der Waals surface area (Å²) in [5, 5.41) is 13.3. The zero-order valence-electron chi connectivity index (χ0n) is 8.13. The Hall–Kier alpha value is -0.990. The van der Waals surface area contributed by atoms with Crippen molar-refractivity contribution in [3.8, 4) is 5.75 Å². The fraction of sp³-hybridized carbons (Fsp3) is 0.273. The molecule has 14 heavy (non-hydrogen) atoms. The van der Waals surface area contributed by atoms with Gasteiger partial charge >= 0.3 is 0 Å². The van der Waals surface area contributed by atoms with Gasteiger partial charge in [0.1, 0.15) is 5.75 Å². The zero-order chi connectivity index (χ0) is 10.6. The van der Waals surface area contributed by atoms with Crippen LogP contribution in [0.2, 0.25) is 0 Å². The smallest absolute Gasteiger partial charge is 0.120 e. The number of rotatable bonds is 4. The maximum Gasteiger partial charge on any atom is 0.120 e. The monoisotopic (exact) mass is 211 g/mol. The summed E-state index contributed by atoms with van der Waals surface area (Å²) in [4.78, 5) is 0. The molecule has 0 aliphatic rings. The topological polar surface area (TPSA) is 32.3 Å². The minimum Gasteiger partial charge on any atom is -0.508 e. The summed E-state index contributed by atoms with van der Waals surface area (Å²) in [7, 11) is 0. The first-order chi connectivity index (χ1) is 6.61. The van der Waals surface area contributed by atoms with Crippen LogP contribution in [0.1, 0.15) is 18.5 Å². The van der Waals surface area contributed by atoms with Crippen molar-refractivity contribution in [2.24, 2.45) is 0 Å². The molecule has 2 nitrogen and oxygen atoms in total. The van der Waals surface area contributed by atoms with E-state index < -0.39 is 0 Å². The molecule has 1 aromatic carbocycles. The summed E-state index contributed by atoms with van der Waals surface area (Å²) < 4.78 is 0. The molecule has 1 unspecified atom stereocenters. The van der Waals surface area contributed by atoms with Gasteiger partial charge in [-0.1, -0.05) is 36.4 Å². The number of halogens is 1. The Morgan fingerprint density at radius 1 is 1.57 bits per heavy atom. The number of hydrogen-bond donors (Lipinski definition) is 2. The second kappa shape index (κ2) is 5.03. The number of para-hydroxylation sites is 1. The second-order valence-corrected chi connectivity index (χ2v) is 3.71. The van der Waals surface area contributed by atoms with E-state index in [0.29, 0.717) is 17.3 Å².